The number of nitrogens with two attached hydrogens (primary N) is 1. The molecule has 0 fully saturated rings. The van der Waals surface area contributed by atoms with Crippen LogP contribution >= 0.6 is 0 Å². The van der Waals surface area contributed by atoms with Gasteiger partial charge in [0.05, 0.1) is 11.6 Å². The Bertz CT molecular complexity index is 555. The Morgan fingerprint density at radius 2 is 1.94 bits per heavy atom. The van der Waals surface area contributed by atoms with Crippen LogP contribution in [0.4, 0.5) is 11.4 Å². The van der Waals surface area contributed by atoms with Crippen LogP contribution in [0.1, 0.15) is 11.1 Å². The third kappa shape index (κ3) is 2.99. The molecule has 0 bridgehead atoms. The van der Waals surface area contributed by atoms with Gasteiger partial charge in [0.1, 0.15) is 0 Å². The van der Waals surface area contributed by atoms with Crippen molar-refractivity contribution in [2.75, 3.05) is 11.1 Å². The molecule has 0 spiro atoms. The molecular weight excluding hydrogens is 210 g/mol. The van der Waals surface area contributed by atoms with E-state index in [-0.39, 0.29) is 0 Å². The average molecular weight is 223 g/mol. The summed E-state index contributed by atoms with van der Waals surface area (Å²) in [7, 11) is 0. The molecule has 2 aromatic carbocycles. The first-order valence-electron chi connectivity index (χ1n) is 5.36. The maximum Gasteiger partial charge on any atom is 0.0992 e. The number of rotatable bonds is 3. The van der Waals surface area contributed by atoms with Gasteiger partial charge in [0.15, 0.2) is 0 Å². The van der Waals surface area contributed by atoms with Crippen molar-refractivity contribution in [2.45, 2.75) is 6.54 Å². The third-order valence-corrected chi connectivity index (χ3v) is 2.44. The van der Waals surface area contributed by atoms with Gasteiger partial charge in [-0.25, -0.2) is 0 Å². The highest BCUT2D eigenvalue weighted by Gasteiger charge is 1.96. The van der Waals surface area contributed by atoms with E-state index in [0.717, 1.165) is 16.9 Å². The Morgan fingerprint density at radius 1 is 1.12 bits per heavy atom. The van der Waals surface area contributed by atoms with Gasteiger partial charge in [0, 0.05) is 17.9 Å². The highest BCUT2D eigenvalue weighted by molar-refractivity contribution is 5.50. The van der Waals surface area contributed by atoms with Crippen LogP contribution in [0.25, 0.3) is 0 Å². The molecule has 0 aliphatic carbocycles. The molecule has 0 aromatic heterocycles. The number of nitrogens with zero attached hydrogens (tertiary/aromatic N) is 1. The van der Waals surface area contributed by atoms with Gasteiger partial charge >= 0.3 is 0 Å². The second-order valence-electron chi connectivity index (χ2n) is 3.79. The maximum absolute atomic E-state index is 8.79. The monoisotopic (exact) mass is 223 g/mol. The van der Waals surface area contributed by atoms with Crippen LogP contribution in [-0.2, 0) is 6.54 Å². The summed E-state index contributed by atoms with van der Waals surface area (Å²) in [5.41, 5.74) is 9.17. The number of hydrogen-bond donors (Lipinski definition) is 2. The van der Waals surface area contributed by atoms with Crippen LogP contribution in [0, 0.1) is 11.3 Å². The van der Waals surface area contributed by atoms with Crippen molar-refractivity contribution in [3.63, 3.8) is 0 Å². The first kappa shape index (κ1) is 11.0. The molecule has 2 aromatic rings. The predicted molar refractivity (Wildman–Crippen MR) is 69.3 cm³/mol. The van der Waals surface area contributed by atoms with Gasteiger partial charge in [-0.1, -0.05) is 18.2 Å². The fraction of sp³-hybridized carbons (Fsp3) is 0.0714. The standard InChI is InChI=1S/C14H13N3/c15-9-11-3-2-6-14(8-11)17-10-12-4-1-5-13(16)7-12/h1-8,17H,10,16H2. The molecule has 17 heavy (non-hydrogen) atoms. The van der Waals surface area contributed by atoms with Crippen LogP contribution < -0.4 is 11.1 Å². The summed E-state index contributed by atoms with van der Waals surface area (Å²) in [6.07, 6.45) is 0. The van der Waals surface area contributed by atoms with E-state index in [1.54, 1.807) is 6.07 Å². The molecule has 3 N–H and O–H groups in total. The molecule has 0 aliphatic heterocycles. The second-order valence-corrected chi connectivity index (χ2v) is 3.79. The maximum atomic E-state index is 8.79. The van der Waals surface area contributed by atoms with E-state index in [1.165, 1.54) is 0 Å². The lowest BCUT2D eigenvalue weighted by Gasteiger charge is -2.07. The average Bonchev–Trinajstić information content (AvgIpc) is 2.37. The SMILES string of the molecule is N#Cc1cccc(NCc2cccc(N)c2)c1. The normalized spacial score (nSPS) is 9.59. The summed E-state index contributed by atoms with van der Waals surface area (Å²) in [6.45, 7) is 0.694. The van der Waals surface area contributed by atoms with E-state index in [1.807, 2.05) is 42.5 Å². The number of anilines is 2. The lowest BCUT2D eigenvalue weighted by atomic mass is 10.2. The molecule has 0 heterocycles. The van der Waals surface area contributed by atoms with E-state index in [2.05, 4.69) is 11.4 Å². The van der Waals surface area contributed by atoms with Gasteiger partial charge in [-0.2, -0.15) is 5.26 Å². The molecule has 0 amide bonds. The Hall–Kier alpha value is -2.47. The number of hydrogen-bond acceptors (Lipinski definition) is 3. The van der Waals surface area contributed by atoms with E-state index in [9.17, 15) is 0 Å². The highest BCUT2D eigenvalue weighted by Crippen LogP contribution is 2.12. The third-order valence-electron chi connectivity index (χ3n) is 2.44. The van der Waals surface area contributed by atoms with Crippen molar-refractivity contribution in [1.29, 1.82) is 5.26 Å². The summed E-state index contributed by atoms with van der Waals surface area (Å²) < 4.78 is 0. The summed E-state index contributed by atoms with van der Waals surface area (Å²) in [6, 6.07) is 17.3. The first-order chi connectivity index (χ1) is 8.28. The molecule has 0 radical (unpaired) electrons. The summed E-state index contributed by atoms with van der Waals surface area (Å²) in [4.78, 5) is 0. The van der Waals surface area contributed by atoms with Crippen molar-refractivity contribution in [1.82, 2.24) is 0 Å². The highest BCUT2D eigenvalue weighted by atomic mass is 14.9. The minimum Gasteiger partial charge on any atom is -0.399 e. The molecule has 0 aliphatic rings. The zero-order valence-electron chi connectivity index (χ0n) is 9.35. The quantitative estimate of drug-likeness (QED) is 0.786. The number of nitrogens with one attached hydrogen (secondary N) is 1. The van der Waals surface area contributed by atoms with Gasteiger partial charge in [-0.05, 0) is 35.9 Å². The number of nitrogen functional groups attached to an aromatic ring is 1. The zero-order chi connectivity index (χ0) is 12.1. The molecule has 0 unspecified atom stereocenters. The Kier molecular flexibility index (Phi) is 3.27. The topological polar surface area (TPSA) is 61.8 Å². The van der Waals surface area contributed by atoms with Crippen LogP contribution in [0.5, 0.6) is 0 Å². The Labute approximate surface area is 101 Å². The van der Waals surface area contributed by atoms with Crippen molar-refractivity contribution >= 4 is 11.4 Å². The van der Waals surface area contributed by atoms with E-state index in [0.29, 0.717) is 12.1 Å². The minimum atomic E-state index is 0.655. The van der Waals surface area contributed by atoms with Gasteiger partial charge in [-0.3, -0.25) is 0 Å². The van der Waals surface area contributed by atoms with Crippen molar-refractivity contribution in [2.24, 2.45) is 0 Å². The largest absolute Gasteiger partial charge is 0.399 e. The molecule has 0 atom stereocenters. The van der Waals surface area contributed by atoms with E-state index < -0.39 is 0 Å². The predicted octanol–water partition coefficient (Wildman–Crippen LogP) is 2.75. The van der Waals surface area contributed by atoms with E-state index in [4.69, 9.17) is 11.0 Å². The van der Waals surface area contributed by atoms with Gasteiger partial charge in [-0.15, -0.1) is 0 Å². The summed E-state index contributed by atoms with van der Waals surface area (Å²) in [5, 5.41) is 12.0. The second kappa shape index (κ2) is 5.04. The fourth-order valence-electron chi connectivity index (χ4n) is 1.61. The fourth-order valence-corrected chi connectivity index (χ4v) is 1.61. The van der Waals surface area contributed by atoms with Crippen LogP contribution in [0.15, 0.2) is 48.5 Å². The van der Waals surface area contributed by atoms with Crippen molar-refractivity contribution in [3.05, 3.63) is 59.7 Å². The van der Waals surface area contributed by atoms with Crippen molar-refractivity contribution < 1.29 is 0 Å². The smallest absolute Gasteiger partial charge is 0.0992 e. The Balaban J connectivity index is 2.05. The van der Waals surface area contributed by atoms with E-state index >= 15 is 0 Å². The van der Waals surface area contributed by atoms with Crippen molar-refractivity contribution in [3.8, 4) is 6.07 Å². The molecule has 3 heteroatoms. The van der Waals surface area contributed by atoms with Crippen LogP contribution in [0.2, 0.25) is 0 Å². The molecular formula is C14H13N3. The van der Waals surface area contributed by atoms with Crippen LogP contribution in [0.3, 0.4) is 0 Å². The first-order valence-corrected chi connectivity index (χ1v) is 5.36. The molecule has 3 nitrogen and oxygen atoms in total. The zero-order valence-corrected chi connectivity index (χ0v) is 9.35. The summed E-state index contributed by atoms with van der Waals surface area (Å²) in [5.74, 6) is 0. The number of benzene rings is 2. The minimum absolute atomic E-state index is 0.655. The molecule has 84 valence electrons. The molecule has 2 rings (SSSR count). The van der Waals surface area contributed by atoms with Gasteiger partial charge < -0.3 is 11.1 Å². The lowest BCUT2D eigenvalue weighted by molar-refractivity contribution is 1.15. The van der Waals surface area contributed by atoms with Crippen LogP contribution in [-0.4, -0.2) is 0 Å². The molecule has 0 saturated carbocycles. The lowest BCUT2D eigenvalue weighted by Crippen LogP contribution is -2.00. The van der Waals surface area contributed by atoms with Gasteiger partial charge in [0.2, 0.25) is 0 Å². The number of nitriles is 1. The Morgan fingerprint density at radius 3 is 2.71 bits per heavy atom. The summed E-state index contributed by atoms with van der Waals surface area (Å²) >= 11 is 0. The molecule has 0 saturated heterocycles. The van der Waals surface area contributed by atoms with Gasteiger partial charge in [0.25, 0.3) is 0 Å².